The van der Waals surface area contributed by atoms with Crippen molar-refractivity contribution in [2.24, 2.45) is 0 Å². The van der Waals surface area contributed by atoms with E-state index >= 15 is 0 Å². The summed E-state index contributed by atoms with van der Waals surface area (Å²) >= 11 is 0. The molecule has 0 bridgehead atoms. The molecule has 0 aromatic heterocycles. The minimum atomic E-state index is -0.464. The number of ether oxygens (including phenoxy) is 3. The molecule has 2 unspecified atom stereocenters. The molecule has 2 aliphatic rings. The number of nitrogens with zero attached hydrogens (tertiary/aromatic N) is 2. The number of aliphatic hydroxyl groups is 1. The first kappa shape index (κ1) is 23.1. The van der Waals surface area contributed by atoms with Gasteiger partial charge >= 0.3 is 0 Å². The third-order valence-electron chi connectivity index (χ3n) is 6.62. The molecule has 2 aromatic carbocycles. The van der Waals surface area contributed by atoms with Crippen LogP contribution in [0, 0.1) is 0 Å². The second kappa shape index (κ2) is 11.1. The van der Waals surface area contributed by atoms with E-state index in [0.29, 0.717) is 13.2 Å². The fourth-order valence-electron chi connectivity index (χ4n) is 4.84. The first-order chi connectivity index (χ1) is 15.7. The first-order valence-electron chi connectivity index (χ1n) is 11.7. The Kier molecular flexibility index (Phi) is 8.03. The van der Waals surface area contributed by atoms with Crippen LogP contribution in [0.25, 0.3) is 0 Å². The van der Waals surface area contributed by atoms with E-state index in [2.05, 4.69) is 40.1 Å². The Bertz CT molecular complexity index is 867. The van der Waals surface area contributed by atoms with Gasteiger partial charge in [-0.25, -0.2) is 0 Å². The zero-order chi connectivity index (χ0) is 22.3. The molecule has 2 aromatic rings. The molecule has 2 atom stereocenters. The molecule has 174 valence electrons. The average Bonchev–Trinajstić information content (AvgIpc) is 2.84. The highest BCUT2D eigenvalue weighted by Crippen LogP contribution is 2.32. The largest absolute Gasteiger partial charge is 0.497 e. The van der Waals surface area contributed by atoms with Gasteiger partial charge < -0.3 is 19.3 Å². The van der Waals surface area contributed by atoms with Crippen molar-refractivity contribution >= 4 is 0 Å². The molecule has 4 rings (SSSR count). The first-order valence-corrected chi connectivity index (χ1v) is 11.7. The lowest BCUT2D eigenvalue weighted by atomic mass is 9.89. The number of benzene rings is 2. The summed E-state index contributed by atoms with van der Waals surface area (Å²) in [5.41, 5.74) is 3.83. The van der Waals surface area contributed by atoms with Crippen LogP contribution in [-0.2, 0) is 17.7 Å². The van der Waals surface area contributed by atoms with E-state index in [4.69, 9.17) is 14.2 Å². The highest BCUT2D eigenvalue weighted by atomic mass is 16.5. The minimum absolute atomic E-state index is 0.115. The lowest BCUT2D eigenvalue weighted by molar-refractivity contribution is -0.0325. The summed E-state index contributed by atoms with van der Waals surface area (Å²) in [5.74, 6) is 1.74. The Morgan fingerprint density at radius 1 is 1.00 bits per heavy atom. The fourth-order valence-corrected chi connectivity index (χ4v) is 4.84. The summed E-state index contributed by atoms with van der Waals surface area (Å²) in [6, 6.07) is 14.5. The van der Waals surface area contributed by atoms with Gasteiger partial charge in [0, 0.05) is 44.8 Å². The van der Waals surface area contributed by atoms with Crippen LogP contribution in [0.5, 0.6) is 11.5 Å². The lowest BCUT2D eigenvalue weighted by Gasteiger charge is -2.36. The number of β-amino-alcohol motifs (C(OH)–C–C–N with tert-alkyl or cyclic N) is 1. The zero-order valence-corrected chi connectivity index (χ0v) is 19.3. The van der Waals surface area contributed by atoms with Crippen LogP contribution >= 0.6 is 0 Å². The fraction of sp³-hybridized carbons (Fsp3) is 0.538. The van der Waals surface area contributed by atoms with E-state index in [-0.39, 0.29) is 6.10 Å². The van der Waals surface area contributed by atoms with Gasteiger partial charge in [-0.15, -0.1) is 0 Å². The maximum atomic E-state index is 10.6. The van der Waals surface area contributed by atoms with Crippen LogP contribution in [0.4, 0.5) is 0 Å². The smallest absolute Gasteiger partial charge is 0.123 e. The molecule has 0 spiro atoms. The summed E-state index contributed by atoms with van der Waals surface area (Å²) < 4.78 is 17.0. The van der Waals surface area contributed by atoms with Gasteiger partial charge in [0.1, 0.15) is 11.5 Å². The molecule has 1 aliphatic carbocycles. The van der Waals surface area contributed by atoms with Crippen LogP contribution in [0.1, 0.15) is 35.6 Å². The number of aliphatic hydroxyl groups excluding tert-OH is 1. The van der Waals surface area contributed by atoms with Crippen molar-refractivity contribution < 1.29 is 19.3 Å². The van der Waals surface area contributed by atoms with Gasteiger partial charge in [-0.1, -0.05) is 24.3 Å². The molecule has 1 fully saturated rings. The van der Waals surface area contributed by atoms with Gasteiger partial charge in [0.15, 0.2) is 0 Å². The number of aryl methyl sites for hydroxylation is 1. The molecule has 1 N–H and O–H groups in total. The topological polar surface area (TPSA) is 54.4 Å². The molecular formula is C26H36N2O4. The van der Waals surface area contributed by atoms with Gasteiger partial charge in [0.25, 0.3) is 0 Å². The molecular weight excluding hydrogens is 404 g/mol. The van der Waals surface area contributed by atoms with Crippen LogP contribution in [0.15, 0.2) is 42.5 Å². The SMILES string of the molecule is COc1ccc(OC)c(CN2CCN(CC(O)COC3CCCc4ccccc43)CC2)c1. The highest BCUT2D eigenvalue weighted by molar-refractivity contribution is 5.40. The van der Waals surface area contributed by atoms with E-state index in [1.807, 2.05) is 12.1 Å². The van der Waals surface area contributed by atoms with Gasteiger partial charge in [0.2, 0.25) is 0 Å². The summed E-state index contributed by atoms with van der Waals surface area (Å²) in [4.78, 5) is 4.76. The highest BCUT2D eigenvalue weighted by Gasteiger charge is 2.23. The lowest BCUT2D eigenvalue weighted by Crippen LogP contribution is -2.48. The van der Waals surface area contributed by atoms with E-state index in [1.165, 1.54) is 11.1 Å². The predicted octanol–water partition coefficient (Wildman–Crippen LogP) is 3.28. The summed E-state index contributed by atoms with van der Waals surface area (Å²) in [6.07, 6.45) is 2.97. The van der Waals surface area contributed by atoms with E-state index in [9.17, 15) is 5.11 Å². The van der Waals surface area contributed by atoms with Crippen LogP contribution in [0.2, 0.25) is 0 Å². The quantitative estimate of drug-likeness (QED) is 0.646. The molecule has 1 heterocycles. The van der Waals surface area contributed by atoms with Gasteiger partial charge in [0.05, 0.1) is 33.0 Å². The van der Waals surface area contributed by atoms with Gasteiger partial charge in [-0.2, -0.15) is 0 Å². The second-order valence-corrected chi connectivity index (χ2v) is 8.82. The van der Waals surface area contributed by atoms with E-state index in [0.717, 1.165) is 69.0 Å². The molecule has 0 amide bonds. The summed E-state index contributed by atoms with van der Waals surface area (Å²) in [7, 11) is 3.39. The standard InChI is InChI=1S/C26H36N2O4/c1-30-23-10-11-25(31-2)21(16-23)17-27-12-14-28(15-13-27)18-22(29)19-32-26-9-5-7-20-6-3-4-8-24(20)26/h3-4,6,8,10-11,16,22,26,29H,5,7,9,12-15,17-19H2,1-2H3. The van der Waals surface area contributed by atoms with Gasteiger partial charge in [-0.05, 0) is 48.6 Å². The third kappa shape index (κ3) is 5.81. The van der Waals surface area contributed by atoms with Crippen molar-refractivity contribution in [2.75, 3.05) is 53.6 Å². The molecule has 6 heteroatoms. The van der Waals surface area contributed by atoms with Gasteiger partial charge in [-0.3, -0.25) is 9.80 Å². The number of piperazine rings is 1. The average molecular weight is 441 g/mol. The van der Waals surface area contributed by atoms with E-state index < -0.39 is 6.10 Å². The van der Waals surface area contributed by atoms with Crippen molar-refractivity contribution in [2.45, 2.75) is 38.0 Å². The second-order valence-electron chi connectivity index (χ2n) is 8.82. The van der Waals surface area contributed by atoms with E-state index in [1.54, 1.807) is 14.2 Å². The molecule has 0 radical (unpaired) electrons. The Morgan fingerprint density at radius 2 is 1.78 bits per heavy atom. The molecule has 1 saturated heterocycles. The minimum Gasteiger partial charge on any atom is -0.497 e. The Labute approximate surface area is 191 Å². The maximum absolute atomic E-state index is 10.6. The van der Waals surface area contributed by atoms with Crippen molar-refractivity contribution in [3.05, 3.63) is 59.2 Å². The molecule has 0 saturated carbocycles. The van der Waals surface area contributed by atoms with Crippen LogP contribution in [0.3, 0.4) is 0 Å². The van der Waals surface area contributed by atoms with Crippen LogP contribution < -0.4 is 9.47 Å². The Hall–Kier alpha value is -2.12. The monoisotopic (exact) mass is 440 g/mol. The summed E-state index contributed by atoms with van der Waals surface area (Å²) in [6.45, 7) is 5.69. The molecule has 1 aliphatic heterocycles. The van der Waals surface area contributed by atoms with Crippen molar-refractivity contribution in [1.29, 1.82) is 0 Å². The third-order valence-corrected chi connectivity index (χ3v) is 6.62. The number of hydrogen-bond acceptors (Lipinski definition) is 6. The molecule has 32 heavy (non-hydrogen) atoms. The Balaban J connectivity index is 1.22. The summed E-state index contributed by atoms with van der Waals surface area (Å²) in [5, 5.41) is 10.6. The zero-order valence-electron chi connectivity index (χ0n) is 19.3. The predicted molar refractivity (Wildman–Crippen MR) is 125 cm³/mol. The molecule has 6 nitrogen and oxygen atoms in total. The maximum Gasteiger partial charge on any atom is 0.123 e. The number of fused-ring (bicyclic) bond motifs is 1. The Morgan fingerprint density at radius 3 is 2.56 bits per heavy atom. The normalized spacial score (nSPS) is 20.5. The van der Waals surface area contributed by atoms with Crippen molar-refractivity contribution in [3.8, 4) is 11.5 Å². The number of rotatable bonds is 9. The van der Waals surface area contributed by atoms with Crippen LogP contribution in [-0.4, -0.2) is 74.6 Å². The van der Waals surface area contributed by atoms with Crippen molar-refractivity contribution in [3.63, 3.8) is 0 Å². The number of methoxy groups -OCH3 is 2. The number of hydrogen-bond donors (Lipinski definition) is 1. The van der Waals surface area contributed by atoms with Crippen molar-refractivity contribution in [1.82, 2.24) is 9.80 Å².